The second-order valence-electron chi connectivity index (χ2n) is 8.89. The van der Waals surface area contributed by atoms with Crippen LogP contribution in [0.2, 0.25) is 0 Å². The molecule has 0 amide bonds. The van der Waals surface area contributed by atoms with Gasteiger partial charge in [0, 0.05) is 5.69 Å². The van der Waals surface area contributed by atoms with Crippen molar-refractivity contribution in [3.63, 3.8) is 0 Å². The molecule has 2 aliphatic heterocycles. The molecule has 0 aromatic heterocycles. The second kappa shape index (κ2) is 11.7. The van der Waals surface area contributed by atoms with Crippen LogP contribution in [0.3, 0.4) is 0 Å². The highest BCUT2D eigenvalue weighted by Crippen LogP contribution is 2.28. The SMILES string of the molecule is C[NH2+]C1[C@H](C)OC(COC(=O)c2cc(N)ccc2O)[C@H](O)[C@@H]1CO[C@@H]1OC(C(=O)O)[C@H](O)[C@H](O)C1O. The van der Waals surface area contributed by atoms with Crippen molar-refractivity contribution >= 4 is 17.6 Å². The molecule has 0 radical (unpaired) electrons. The predicted molar refractivity (Wildman–Crippen MR) is 119 cm³/mol. The number of aliphatic hydroxyl groups is 4. The molecule has 0 aliphatic carbocycles. The standard InChI is InChI=1S/C22H32N2O12/c1-8-14(24-2)11(6-34-22-18(29)16(27)17(28)19(36-22)20(30)31)15(26)13(35-8)7-33-21(32)10-5-9(23)3-4-12(10)25/h3-5,8,11,13-19,22,24-29H,6-7,23H2,1-2H3,(H,30,31)/p+1/t8-,11+,13?,14?,15+,16-,17+,18?,19?,22+/m0/s1. The van der Waals surface area contributed by atoms with E-state index in [4.69, 9.17) is 24.7 Å². The topological polar surface area (TPSA) is 235 Å². The van der Waals surface area contributed by atoms with Crippen molar-refractivity contribution in [3.8, 4) is 5.75 Å². The average molecular weight is 518 g/mol. The van der Waals surface area contributed by atoms with E-state index in [1.54, 1.807) is 19.3 Å². The number of hydrogen-bond donors (Lipinski definition) is 8. The highest BCUT2D eigenvalue weighted by atomic mass is 16.7. The number of rotatable bonds is 8. The first-order valence-electron chi connectivity index (χ1n) is 11.4. The van der Waals surface area contributed by atoms with E-state index in [0.717, 1.165) is 0 Å². The van der Waals surface area contributed by atoms with E-state index in [0.29, 0.717) is 0 Å². The van der Waals surface area contributed by atoms with Crippen LogP contribution in [0.1, 0.15) is 17.3 Å². The van der Waals surface area contributed by atoms with Gasteiger partial charge in [0.1, 0.15) is 54.5 Å². The van der Waals surface area contributed by atoms with Gasteiger partial charge in [-0.25, -0.2) is 9.59 Å². The van der Waals surface area contributed by atoms with E-state index in [-0.39, 0.29) is 36.3 Å². The predicted octanol–water partition coefficient (Wildman–Crippen LogP) is -3.63. The summed E-state index contributed by atoms with van der Waals surface area (Å²) in [5.74, 6) is -3.40. The number of ether oxygens (including phenoxy) is 4. The largest absolute Gasteiger partial charge is 0.507 e. The highest BCUT2D eigenvalue weighted by molar-refractivity contribution is 5.93. The number of nitrogens with two attached hydrogens (primary N) is 2. The van der Waals surface area contributed by atoms with E-state index in [1.165, 1.54) is 18.2 Å². The van der Waals surface area contributed by atoms with Crippen LogP contribution in [0.25, 0.3) is 0 Å². The number of likely N-dealkylation sites (N-methyl/N-ethyl adjacent to an activating group) is 1. The first-order valence-corrected chi connectivity index (χ1v) is 11.4. The number of hydrogen-bond acceptors (Lipinski definition) is 12. The number of benzene rings is 1. The summed E-state index contributed by atoms with van der Waals surface area (Å²) >= 11 is 0. The zero-order chi connectivity index (χ0) is 26.7. The minimum Gasteiger partial charge on any atom is -0.507 e. The zero-order valence-corrected chi connectivity index (χ0v) is 19.7. The van der Waals surface area contributed by atoms with Crippen molar-refractivity contribution in [2.45, 2.75) is 62.0 Å². The number of quaternary nitrogens is 1. The normalized spacial score (nSPS) is 36.8. The van der Waals surface area contributed by atoms with Crippen LogP contribution in [0, 0.1) is 5.92 Å². The molecule has 2 heterocycles. The van der Waals surface area contributed by atoms with Gasteiger partial charge in [-0.05, 0) is 25.1 Å². The number of phenolic OH excluding ortho intramolecular Hbond substituents is 1. The highest BCUT2D eigenvalue weighted by Gasteiger charge is 2.50. The molecule has 4 unspecified atom stereocenters. The minimum atomic E-state index is -1.86. The molecular weight excluding hydrogens is 484 g/mol. The molecule has 3 rings (SSSR count). The van der Waals surface area contributed by atoms with Crippen LogP contribution in [-0.4, -0.2) is 118 Å². The van der Waals surface area contributed by atoms with Crippen molar-refractivity contribution in [1.29, 1.82) is 0 Å². The van der Waals surface area contributed by atoms with Gasteiger partial charge in [-0.15, -0.1) is 0 Å². The van der Waals surface area contributed by atoms with Crippen molar-refractivity contribution in [2.75, 3.05) is 26.0 Å². The lowest BCUT2D eigenvalue weighted by molar-refractivity contribution is -0.685. The molecule has 10 N–H and O–H groups in total. The number of carboxylic acid groups (broad SMARTS) is 1. The Bertz CT molecular complexity index is 932. The Morgan fingerprint density at radius 3 is 2.39 bits per heavy atom. The fraction of sp³-hybridized carbons (Fsp3) is 0.636. The molecule has 2 aliphatic rings. The third kappa shape index (κ3) is 5.87. The van der Waals surface area contributed by atoms with Crippen molar-refractivity contribution < 1.29 is 64.5 Å². The van der Waals surface area contributed by atoms with Gasteiger partial charge in [0.25, 0.3) is 0 Å². The molecule has 0 bridgehead atoms. The first-order chi connectivity index (χ1) is 17.0. The van der Waals surface area contributed by atoms with Crippen LogP contribution in [0.5, 0.6) is 5.75 Å². The lowest BCUT2D eigenvalue weighted by atomic mass is 9.85. The molecule has 2 fully saturated rings. The van der Waals surface area contributed by atoms with E-state index in [9.17, 15) is 40.2 Å². The van der Waals surface area contributed by atoms with Gasteiger partial charge in [0.15, 0.2) is 12.4 Å². The number of carbonyl (C=O) groups excluding carboxylic acids is 1. The molecular formula is C22H33N2O12+. The van der Waals surface area contributed by atoms with Gasteiger partial charge in [0.05, 0.1) is 25.7 Å². The molecule has 36 heavy (non-hydrogen) atoms. The Kier molecular flexibility index (Phi) is 9.08. The van der Waals surface area contributed by atoms with Gasteiger partial charge < -0.3 is 60.6 Å². The number of aromatic hydroxyl groups is 1. The van der Waals surface area contributed by atoms with Crippen LogP contribution in [-0.2, 0) is 23.7 Å². The second-order valence-corrected chi connectivity index (χ2v) is 8.89. The maximum absolute atomic E-state index is 12.4. The maximum atomic E-state index is 12.4. The summed E-state index contributed by atoms with van der Waals surface area (Å²) in [4.78, 5) is 23.7. The number of carboxylic acids is 1. The Hall–Kier alpha value is -2.56. The number of aliphatic hydroxyl groups excluding tert-OH is 4. The third-order valence-electron chi connectivity index (χ3n) is 6.52. The number of phenols is 1. The summed E-state index contributed by atoms with van der Waals surface area (Å²) in [5.41, 5.74) is 5.75. The summed E-state index contributed by atoms with van der Waals surface area (Å²) in [6, 6.07) is 3.57. The first kappa shape index (κ1) is 28.0. The van der Waals surface area contributed by atoms with Crippen LogP contribution < -0.4 is 11.1 Å². The smallest absolute Gasteiger partial charge is 0.342 e. The van der Waals surface area contributed by atoms with E-state index in [1.807, 2.05) is 0 Å². The summed E-state index contributed by atoms with van der Waals surface area (Å²) in [7, 11) is 1.75. The Labute approximate surface area is 206 Å². The number of aliphatic carboxylic acids is 1. The number of nitrogen functional groups attached to an aromatic ring is 1. The van der Waals surface area contributed by atoms with Gasteiger partial charge in [-0.3, -0.25) is 0 Å². The summed E-state index contributed by atoms with van der Waals surface area (Å²) in [6.07, 6.45) is -11.5. The average Bonchev–Trinajstić information content (AvgIpc) is 2.83. The quantitative estimate of drug-likeness (QED) is 0.0945. The van der Waals surface area contributed by atoms with Gasteiger partial charge >= 0.3 is 11.9 Å². The number of anilines is 1. The molecule has 0 spiro atoms. The van der Waals surface area contributed by atoms with Gasteiger partial charge in [0.2, 0.25) is 0 Å². The summed E-state index contributed by atoms with van der Waals surface area (Å²) < 4.78 is 21.8. The molecule has 14 nitrogen and oxygen atoms in total. The molecule has 0 saturated carbocycles. The van der Waals surface area contributed by atoms with Crippen LogP contribution in [0.15, 0.2) is 18.2 Å². The monoisotopic (exact) mass is 517 g/mol. The molecule has 2 saturated heterocycles. The fourth-order valence-electron chi connectivity index (χ4n) is 4.51. The van der Waals surface area contributed by atoms with Crippen molar-refractivity contribution in [2.24, 2.45) is 5.92 Å². The van der Waals surface area contributed by atoms with E-state index >= 15 is 0 Å². The van der Waals surface area contributed by atoms with Crippen LogP contribution >= 0.6 is 0 Å². The molecule has 1 aromatic carbocycles. The molecule has 1 aromatic rings. The Morgan fingerprint density at radius 2 is 1.75 bits per heavy atom. The summed E-state index contributed by atoms with van der Waals surface area (Å²) in [6.45, 7) is 1.13. The van der Waals surface area contributed by atoms with Crippen LogP contribution in [0.4, 0.5) is 5.69 Å². The Morgan fingerprint density at radius 1 is 1.06 bits per heavy atom. The lowest BCUT2D eigenvalue weighted by Crippen LogP contribution is -2.93. The minimum absolute atomic E-state index is 0.148. The maximum Gasteiger partial charge on any atom is 0.342 e. The fourth-order valence-corrected chi connectivity index (χ4v) is 4.51. The van der Waals surface area contributed by atoms with Crippen molar-refractivity contribution in [3.05, 3.63) is 23.8 Å². The Balaban J connectivity index is 1.67. The van der Waals surface area contributed by atoms with E-state index in [2.05, 4.69) is 0 Å². The van der Waals surface area contributed by atoms with Gasteiger partial charge in [-0.2, -0.15) is 0 Å². The number of esters is 1. The van der Waals surface area contributed by atoms with Gasteiger partial charge in [-0.1, -0.05) is 0 Å². The van der Waals surface area contributed by atoms with Crippen molar-refractivity contribution in [1.82, 2.24) is 0 Å². The summed E-state index contributed by atoms with van der Waals surface area (Å²) in [5, 5.41) is 61.9. The molecule has 10 atom stereocenters. The molecule has 14 heteroatoms. The zero-order valence-electron chi connectivity index (χ0n) is 19.7. The third-order valence-corrected chi connectivity index (χ3v) is 6.52. The number of carbonyl (C=O) groups is 2. The lowest BCUT2D eigenvalue weighted by Gasteiger charge is -2.43. The van der Waals surface area contributed by atoms with E-state index < -0.39 is 66.9 Å². The molecule has 202 valence electrons.